The van der Waals surface area contributed by atoms with Crippen molar-refractivity contribution >= 4 is 10.0 Å². The molecule has 1 fully saturated rings. The Hall–Kier alpha value is -1.80. The van der Waals surface area contributed by atoms with E-state index in [-0.39, 0.29) is 10.9 Å². The molecule has 1 N–H and O–H groups in total. The fourth-order valence-corrected chi connectivity index (χ4v) is 4.06. The molecule has 0 aliphatic carbocycles. The lowest BCUT2D eigenvalue weighted by Crippen LogP contribution is -2.31. The summed E-state index contributed by atoms with van der Waals surface area (Å²) in [5.74, 6) is 0. The SMILES string of the molecule is Cc1cncc([C@H]2CCCN2S(=O)(=O)c2cn[nH]c2)n1. The Labute approximate surface area is 117 Å². The second-order valence-corrected chi connectivity index (χ2v) is 6.68. The van der Waals surface area contributed by atoms with E-state index in [2.05, 4.69) is 20.2 Å². The van der Waals surface area contributed by atoms with Crippen molar-refractivity contribution in [3.8, 4) is 0 Å². The highest BCUT2D eigenvalue weighted by Crippen LogP contribution is 2.35. The molecule has 1 atom stereocenters. The van der Waals surface area contributed by atoms with Gasteiger partial charge >= 0.3 is 0 Å². The fourth-order valence-electron chi connectivity index (χ4n) is 2.48. The molecule has 1 aliphatic rings. The second-order valence-electron chi connectivity index (χ2n) is 4.79. The number of aromatic nitrogens is 4. The number of H-pyrrole nitrogens is 1. The van der Waals surface area contributed by atoms with Crippen molar-refractivity contribution in [1.29, 1.82) is 0 Å². The zero-order valence-electron chi connectivity index (χ0n) is 11.0. The van der Waals surface area contributed by atoms with Crippen molar-refractivity contribution in [3.63, 3.8) is 0 Å². The van der Waals surface area contributed by atoms with Gasteiger partial charge in [-0.2, -0.15) is 9.40 Å². The third kappa shape index (κ3) is 2.20. The molecule has 8 heteroatoms. The summed E-state index contributed by atoms with van der Waals surface area (Å²) in [5.41, 5.74) is 1.49. The van der Waals surface area contributed by atoms with Gasteiger partial charge in [-0.05, 0) is 19.8 Å². The van der Waals surface area contributed by atoms with Gasteiger partial charge in [-0.15, -0.1) is 0 Å². The van der Waals surface area contributed by atoms with Crippen molar-refractivity contribution < 1.29 is 8.42 Å². The summed E-state index contributed by atoms with van der Waals surface area (Å²) < 4.78 is 26.7. The van der Waals surface area contributed by atoms with Crippen LogP contribution < -0.4 is 0 Å². The average molecular weight is 293 g/mol. The van der Waals surface area contributed by atoms with Gasteiger partial charge in [0.1, 0.15) is 4.90 Å². The largest absolute Gasteiger partial charge is 0.284 e. The first kappa shape index (κ1) is 13.2. The first-order chi connectivity index (χ1) is 9.59. The van der Waals surface area contributed by atoms with Gasteiger partial charge in [0.05, 0.1) is 29.8 Å². The summed E-state index contributed by atoms with van der Waals surface area (Å²) in [6.07, 6.45) is 7.60. The van der Waals surface area contributed by atoms with Crippen LogP contribution in [0.5, 0.6) is 0 Å². The minimum atomic E-state index is -3.53. The summed E-state index contributed by atoms with van der Waals surface area (Å²) in [4.78, 5) is 8.70. The van der Waals surface area contributed by atoms with Gasteiger partial charge in [0, 0.05) is 18.9 Å². The number of aromatic amines is 1. The molecule has 3 rings (SSSR count). The van der Waals surface area contributed by atoms with Crippen LogP contribution in [0, 0.1) is 6.92 Å². The highest BCUT2D eigenvalue weighted by atomic mass is 32.2. The van der Waals surface area contributed by atoms with E-state index in [1.54, 1.807) is 12.4 Å². The summed E-state index contributed by atoms with van der Waals surface area (Å²) in [6.45, 7) is 2.34. The number of sulfonamides is 1. The van der Waals surface area contributed by atoms with Gasteiger partial charge in [-0.25, -0.2) is 8.42 Å². The van der Waals surface area contributed by atoms with Crippen LogP contribution in [0.3, 0.4) is 0 Å². The zero-order chi connectivity index (χ0) is 14.2. The maximum atomic E-state index is 12.6. The molecule has 1 aliphatic heterocycles. The number of nitrogens with one attached hydrogen (secondary N) is 1. The van der Waals surface area contributed by atoms with Crippen molar-refractivity contribution in [2.24, 2.45) is 0 Å². The zero-order valence-corrected chi connectivity index (χ0v) is 11.8. The van der Waals surface area contributed by atoms with Crippen molar-refractivity contribution in [2.75, 3.05) is 6.54 Å². The molecule has 7 nitrogen and oxygen atoms in total. The van der Waals surface area contributed by atoms with Crippen molar-refractivity contribution in [3.05, 3.63) is 36.2 Å². The Balaban J connectivity index is 1.98. The molecule has 3 heterocycles. The summed E-state index contributed by atoms with van der Waals surface area (Å²) in [7, 11) is -3.53. The van der Waals surface area contributed by atoms with Crippen LogP contribution in [0.2, 0.25) is 0 Å². The van der Waals surface area contributed by atoms with E-state index in [1.807, 2.05) is 6.92 Å². The maximum absolute atomic E-state index is 12.6. The predicted octanol–water partition coefficient (Wildman–Crippen LogP) is 1.03. The van der Waals surface area contributed by atoms with Crippen molar-refractivity contribution in [2.45, 2.75) is 30.7 Å². The van der Waals surface area contributed by atoms with E-state index < -0.39 is 10.0 Å². The molecule has 2 aromatic heterocycles. The Morgan fingerprint density at radius 3 is 2.90 bits per heavy atom. The highest BCUT2D eigenvalue weighted by molar-refractivity contribution is 7.89. The molecule has 0 unspecified atom stereocenters. The number of aryl methyl sites for hydroxylation is 1. The van der Waals surface area contributed by atoms with Gasteiger partial charge in [0.25, 0.3) is 0 Å². The Morgan fingerprint density at radius 2 is 2.20 bits per heavy atom. The summed E-state index contributed by atoms with van der Waals surface area (Å²) in [5, 5.41) is 6.25. The number of nitrogens with zero attached hydrogens (tertiary/aromatic N) is 4. The number of hydrogen-bond acceptors (Lipinski definition) is 5. The summed E-state index contributed by atoms with van der Waals surface area (Å²) >= 11 is 0. The van der Waals surface area contributed by atoms with Gasteiger partial charge < -0.3 is 0 Å². The standard InChI is InChI=1S/C12H15N5O2S/c1-9-5-13-8-11(16-9)12-3-2-4-17(12)20(18,19)10-6-14-15-7-10/h5-8,12H,2-4H2,1H3,(H,14,15)/t12-/m1/s1. The van der Waals surface area contributed by atoms with Crippen LogP contribution in [0.15, 0.2) is 29.7 Å². The Bertz CT molecular complexity index is 698. The molecule has 0 radical (unpaired) electrons. The third-order valence-electron chi connectivity index (χ3n) is 3.40. The monoisotopic (exact) mass is 293 g/mol. The van der Waals surface area contributed by atoms with Crippen LogP contribution in [0.25, 0.3) is 0 Å². The normalized spacial score (nSPS) is 20.4. The first-order valence-corrected chi connectivity index (χ1v) is 7.82. The van der Waals surface area contributed by atoms with E-state index in [1.165, 1.54) is 16.7 Å². The molecule has 0 amide bonds. The molecular weight excluding hydrogens is 278 g/mol. The van der Waals surface area contributed by atoms with Crippen LogP contribution in [-0.2, 0) is 10.0 Å². The summed E-state index contributed by atoms with van der Waals surface area (Å²) in [6, 6.07) is -0.248. The molecule has 0 aromatic carbocycles. The van der Waals surface area contributed by atoms with Crippen molar-refractivity contribution in [1.82, 2.24) is 24.5 Å². The van der Waals surface area contributed by atoms with Gasteiger partial charge in [0.2, 0.25) is 10.0 Å². The smallest absolute Gasteiger partial charge is 0.246 e. The molecule has 0 spiro atoms. The van der Waals surface area contributed by atoms with E-state index in [4.69, 9.17) is 0 Å². The predicted molar refractivity (Wildman–Crippen MR) is 71.2 cm³/mol. The minimum Gasteiger partial charge on any atom is -0.284 e. The molecular formula is C12H15N5O2S. The van der Waals surface area contributed by atoms with E-state index >= 15 is 0 Å². The quantitative estimate of drug-likeness (QED) is 0.912. The second kappa shape index (κ2) is 4.95. The van der Waals surface area contributed by atoms with E-state index in [0.29, 0.717) is 12.2 Å². The molecule has 1 saturated heterocycles. The molecule has 20 heavy (non-hydrogen) atoms. The number of hydrogen-bond donors (Lipinski definition) is 1. The van der Waals surface area contributed by atoms with Crippen LogP contribution in [0.1, 0.15) is 30.3 Å². The third-order valence-corrected chi connectivity index (χ3v) is 5.27. The first-order valence-electron chi connectivity index (χ1n) is 6.38. The minimum absolute atomic E-state index is 0.185. The van der Waals surface area contributed by atoms with Crippen LogP contribution in [0.4, 0.5) is 0 Å². The Kier molecular flexibility index (Phi) is 3.27. The van der Waals surface area contributed by atoms with Crippen LogP contribution >= 0.6 is 0 Å². The average Bonchev–Trinajstić information content (AvgIpc) is 3.11. The topological polar surface area (TPSA) is 91.8 Å². The lowest BCUT2D eigenvalue weighted by Gasteiger charge is -2.22. The van der Waals surface area contributed by atoms with E-state index in [9.17, 15) is 8.42 Å². The molecule has 2 aromatic rings. The van der Waals surface area contributed by atoms with Gasteiger partial charge in [0.15, 0.2) is 0 Å². The highest BCUT2D eigenvalue weighted by Gasteiger charge is 2.37. The lowest BCUT2D eigenvalue weighted by molar-refractivity contribution is 0.389. The molecule has 0 saturated carbocycles. The molecule has 0 bridgehead atoms. The molecule has 106 valence electrons. The lowest BCUT2D eigenvalue weighted by atomic mass is 10.2. The Morgan fingerprint density at radius 1 is 1.35 bits per heavy atom. The number of rotatable bonds is 3. The van der Waals surface area contributed by atoms with E-state index in [0.717, 1.165) is 18.5 Å². The van der Waals surface area contributed by atoms with Crippen LogP contribution in [-0.4, -0.2) is 39.4 Å². The van der Waals surface area contributed by atoms with Gasteiger partial charge in [-0.1, -0.05) is 0 Å². The maximum Gasteiger partial charge on any atom is 0.246 e. The fraction of sp³-hybridized carbons (Fsp3) is 0.417. The van der Waals surface area contributed by atoms with Gasteiger partial charge in [-0.3, -0.25) is 15.1 Å².